The van der Waals surface area contributed by atoms with Crippen LogP contribution in [0.15, 0.2) is 18.2 Å². The van der Waals surface area contributed by atoms with Gasteiger partial charge < -0.3 is 5.32 Å². The van der Waals surface area contributed by atoms with Crippen molar-refractivity contribution in [2.24, 2.45) is 5.92 Å². The van der Waals surface area contributed by atoms with Crippen molar-refractivity contribution in [2.75, 3.05) is 7.05 Å². The summed E-state index contributed by atoms with van der Waals surface area (Å²) in [7, 11) is 1.99. The molecule has 0 aromatic heterocycles. The standard InChI is InChI=1S/C14H21Cl2N/c1-4-5-10(2)8-14(17-3)11-6-7-12(15)13(16)9-11/h6-7,9-10,14,17H,4-5,8H2,1-3H3. The van der Waals surface area contributed by atoms with E-state index in [0.29, 0.717) is 22.0 Å². The van der Waals surface area contributed by atoms with Crippen LogP contribution in [0.4, 0.5) is 0 Å². The summed E-state index contributed by atoms with van der Waals surface area (Å²) in [6.45, 7) is 4.52. The van der Waals surface area contributed by atoms with Crippen LogP contribution in [0.3, 0.4) is 0 Å². The number of halogens is 2. The monoisotopic (exact) mass is 273 g/mol. The fourth-order valence-corrected chi connectivity index (χ4v) is 2.47. The first kappa shape index (κ1) is 14.8. The molecule has 0 saturated heterocycles. The van der Waals surface area contributed by atoms with Crippen LogP contribution >= 0.6 is 23.2 Å². The van der Waals surface area contributed by atoms with E-state index in [0.717, 1.165) is 6.42 Å². The van der Waals surface area contributed by atoms with Gasteiger partial charge in [0.2, 0.25) is 0 Å². The first-order chi connectivity index (χ1) is 8.08. The summed E-state index contributed by atoms with van der Waals surface area (Å²) in [6, 6.07) is 6.23. The molecule has 1 rings (SSSR count). The molecule has 1 N–H and O–H groups in total. The first-order valence-electron chi connectivity index (χ1n) is 6.20. The van der Waals surface area contributed by atoms with E-state index in [2.05, 4.69) is 19.2 Å². The minimum Gasteiger partial charge on any atom is -0.313 e. The number of nitrogens with one attached hydrogen (secondary N) is 1. The molecule has 1 aromatic carbocycles. The molecular weight excluding hydrogens is 253 g/mol. The average Bonchev–Trinajstić information content (AvgIpc) is 2.30. The maximum atomic E-state index is 6.05. The Morgan fingerprint density at radius 3 is 2.47 bits per heavy atom. The van der Waals surface area contributed by atoms with Gasteiger partial charge >= 0.3 is 0 Å². The van der Waals surface area contributed by atoms with Crippen LogP contribution in [0.2, 0.25) is 10.0 Å². The average molecular weight is 274 g/mol. The largest absolute Gasteiger partial charge is 0.313 e. The van der Waals surface area contributed by atoms with Crippen LogP contribution in [-0.4, -0.2) is 7.05 Å². The summed E-state index contributed by atoms with van der Waals surface area (Å²) in [6.07, 6.45) is 3.63. The van der Waals surface area contributed by atoms with Gasteiger partial charge in [-0.2, -0.15) is 0 Å². The molecule has 96 valence electrons. The normalized spacial score (nSPS) is 14.6. The lowest BCUT2D eigenvalue weighted by molar-refractivity contribution is 0.407. The molecule has 0 fully saturated rings. The van der Waals surface area contributed by atoms with E-state index in [9.17, 15) is 0 Å². The molecule has 0 radical (unpaired) electrons. The van der Waals surface area contributed by atoms with Gasteiger partial charge in [0.05, 0.1) is 10.0 Å². The summed E-state index contributed by atoms with van der Waals surface area (Å²) in [5.41, 5.74) is 1.21. The predicted molar refractivity (Wildman–Crippen MR) is 77.0 cm³/mol. The molecule has 1 aromatic rings. The molecule has 0 aliphatic rings. The highest BCUT2D eigenvalue weighted by atomic mass is 35.5. The van der Waals surface area contributed by atoms with Crippen LogP contribution < -0.4 is 5.32 Å². The van der Waals surface area contributed by atoms with Gasteiger partial charge in [0.1, 0.15) is 0 Å². The third-order valence-electron chi connectivity index (χ3n) is 3.11. The van der Waals surface area contributed by atoms with E-state index >= 15 is 0 Å². The highest BCUT2D eigenvalue weighted by Gasteiger charge is 2.14. The number of hydrogen-bond donors (Lipinski definition) is 1. The highest BCUT2D eigenvalue weighted by molar-refractivity contribution is 6.42. The Kier molecular flexibility index (Phi) is 6.32. The molecule has 0 spiro atoms. The molecule has 0 saturated carbocycles. The van der Waals surface area contributed by atoms with Crippen LogP contribution in [0.5, 0.6) is 0 Å². The van der Waals surface area contributed by atoms with Gasteiger partial charge in [0.15, 0.2) is 0 Å². The topological polar surface area (TPSA) is 12.0 Å². The zero-order chi connectivity index (χ0) is 12.8. The van der Waals surface area contributed by atoms with Gasteiger partial charge in [-0.15, -0.1) is 0 Å². The molecule has 0 amide bonds. The van der Waals surface area contributed by atoms with Gasteiger partial charge in [0.25, 0.3) is 0 Å². The van der Waals surface area contributed by atoms with Gasteiger partial charge in [-0.1, -0.05) is 56.0 Å². The van der Waals surface area contributed by atoms with E-state index in [4.69, 9.17) is 23.2 Å². The highest BCUT2D eigenvalue weighted by Crippen LogP contribution is 2.29. The van der Waals surface area contributed by atoms with Crippen molar-refractivity contribution in [3.8, 4) is 0 Å². The Morgan fingerprint density at radius 2 is 1.94 bits per heavy atom. The van der Waals surface area contributed by atoms with Crippen LogP contribution in [0.1, 0.15) is 44.7 Å². The lowest BCUT2D eigenvalue weighted by Gasteiger charge is -2.21. The third-order valence-corrected chi connectivity index (χ3v) is 3.85. The van der Waals surface area contributed by atoms with Gasteiger partial charge in [-0.3, -0.25) is 0 Å². The SMILES string of the molecule is CCCC(C)CC(NC)c1ccc(Cl)c(Cl)c1. The quantitative estimate of drug-likeness (QED) is 0.762. The second kappa shape index (κ2) is 7.25. The van der Waals surface area contributed by atoms with Crippen molar-refractivity contribution in [3.63, 3.8) is 0 Å². The fraction of sp³-hybridized carbons (Fsp3) is 0.571. The molecule has 2 unspecified atom stereocenters. The Morgan fingerprint density at radius 1 is 1.24 bits per heavy atom. The predicted octanol–water partition coefficient (Wildman–Crippen LogP) is 5.08. The van der Waals surface area contributed by atoms with Crippen molar-refractivity contribution in [1.82, 2.24) is 5.32 Å². The van der Waals surface area contributed by atoms with Crippen LogP contribution in [0, 0.1) is 5.92 Å². The fourth-order valence-electron chi connectivity index (χ4n) is 2.16. The number of rotatable bonds is 6. The molecule has 0 aliphatic carbocycles. The zero-order valence-electron chi connectivity index (χ0n) is 10.8. The van der Waals surface area contributed by atoms with Crippen molar-refractivity contribution >= 4 is 23.2 Å². The smallest absolute Gasteiger partial charge is 0.0595 e. The van der Waals surface area contributed by atoms with Crippen molar-refractivity contribution in [3.05, 3.63) is 33.8 Å². The second-order valence-corrected chi connectivity index (χ2v) is 5.46. The summed E-state index contributed by atoms with van der Waals surface area (Å²) >= 11 is 12.0. The summed E-state index contributed by atoms with van der Waals surface area (Å²) < 4.78 is 0. The Bertz CT molecular complexity index is 352. The molecule has 1 nitrogen and oxygen atoms in total. The maximum absolute atomic E-state index is 6.05. The van der Waals surface area contributed by atoms with Gasteiger partial charge in [-0.05, 0) is 37.1 Å². The van der Waals surface area contributed by atoms with E-state index in [-0.39, 0.29) is 0 Å². The van der Waals surface area contributed by atoms with Gasteiger partial charge in [0, 0.05) is 6.04 Å². The maximum Gasteiger partial charge on any atom is 0.0595 e. The van der Waals surface area contributed by atoms with E-state index in [1.807, 2.05) is 25.2 Å². The molecule has 3 heteroatoms. The summed E-state index contributed by atoms with van der Waals surface area (Å²) in [5.74, 6) is 0.715. The number of benzene rings is 1. The lowest BCUT2D eigenvalue weighted by atomic mass is 9.93. The molecule has 0 bridgehead atoms. The summed E-state index contributed by atoms with van der Waals surface area (Å²) in [4.78, 5) is 0. The number of hydrogen-bond acceptors (Lipinski definition) is 1. The molecule has 17 heavy (non-hydrogen) atoms. The lowest BCUT2D eigenvalue weighted by Crippen LogP contribution is -2.19. The van der Waals surface area contributed by atoms with E-state index < -0.39 is 0 Å². The van der Waals surface area contributed by atoms with Crippen molar-refractivity contribution in [1.29, 1.82) is 0 Å². The Balaban J connectivity index is 2.75. The van der Waals surface area contributed by atoms with Crippen LogP contribution in [-0.2, 0) is 0 Å². The zero-order valence-corrected chi connectivity index (χ0v) is 12.3. The summed E-state index contributed by atoms with van der Waals surface area (Å²) in [5, 5.41) is 4.60. The van der Waals surface area contributed by atoms with E-state index in [1.54, 1.807) is 0 Å². The Labute approximate surface area is 115 Å². The second-order valence-electron chi connectivity index (χ2n) is 4.64. The van der Waals surface area contributed by atoms with E-state index in [1.165, 1.54) is 18.4 Å². The molecular formula is C14H21Cl2N. The van der Waals surface area contributed by atoms with Crippen molar-refractivity contribution in [2.45, 2.75) is 39.2 Å². The minimum absolute atomic E-state index is 0.353. The first-order valence-corrected chi connectivity index (χ1v) is 6.96. The third kappa shape index (κ3) is 4.50. The Hall–Kier alpha value is -0.240. The minimum atomic E-state index is 0.353. The van der Waals surface area contributed by atoms with Gasteiger partial charge in [-0.25, -0.2) is 0 Å². The molecule has 0 aliphatic heterocycles. The van der Waals surface area contributed by atoms with Crippen molar-refractivity contribution < 1.29 is 0 Å². The molecule has 0 heterocycles. The molecule has 2 atom stereocenters. The van der Waals surface area contributed by atoms with Crippen LogP contribution in [0.25, 0.3) is 0 Å².